The molecule has 2 aromatic rings. The summed E-state index contributed by atoms with van der Waals surface area (Å²) in [7, 11) is 5.18. The summed E-state index contributed by atoms with van der Waals surface area (Å²) in [4.78, 5) is 0. The smallest absolute Gasteiger partial charge is 0.107 e. The van der Waals surface area contributed by atoms with Crippen molar-refractivity contribution < 1.29 is 9.84 Å². The molecule has 110 valence electrons. The molecule has 0 aromatic heterocycles. The second kappa shape index (κ2) is 6.44. The Morgan fingerprint density at radius 1 is 1.00 bits per heavy atom. The Labute approximate surface area is 133 Å². The van der Waals surface area contributed by atoms with Crippen molar-refractivity contribution in [2.45, 2.75) is 17.0 Å². The molecule has 1 heterocycles. The minimum absolute atomic E-state index is 0.270. The van der Waals surface area contributed by atoms with E-state index >= 15 is 0 Å². The molecule has 0 radical (unpaired) electrons. The van der Waals surface area contributed by atoms with Gasteiger partial charge in [-0.2, -0.15) is 0 Å². The molecule has 2 atom stereocenters. The molecule has 2 aromatic carbocycles. The maximum Gasteiger partial charge on any atom is 0.107 e. The van der Waals surface area contributed by atoms with Crippen molar-refractivity contribution in [1.29, 1.82) is 0 Å². The molecular weight excluding hydrogens is 300 g/mol. The average molecular weight is 318 g/mol. The maximum atomic E-state index is 10.5. The van der Waals surface area contributed by atoms with Crippen molar-refractivity contribution in [2.24, 2.45) is 0 Å². The van der Waals surface area contributed by atoms with E-state index in [9.17, 15) is 5.11 Å². The molecule has 4 heteroatoms. The molecule has 0 aliphatic carbocycles. The van der Waals surface area contributed by atoms with E-state index in [0.29, 0.717) is 5.75 Å². The first-order valence-corrected chi connectivity index (χ1v) is 9.23. The molecule has 21 heavy (non-hydrogen) atoms. The van der Waals surface area contributed by atoms with Gasteiger partial charge in [-0.3, -0.25) is 0 Å². The monoisotopic (exact) mass is 318 g/mol. The van der Waals surface area contributed by atoms with Crippen LogP contribution in [-0.4, -0.2) is 30.2 Å². The third-order valence-corrected chi connectivity index (χ3v) is 6.95. The first kappa shape index (κ1) is 15.0. The number of rotatable bonds is 3. The summed E-state index contributed by atoms with van der Waals surface area (Å²) in [5, 5.41) is 10.5. The predicted octanol–water partition coefficient (Wildman–Crippen LogP) is 3.70. The highest BCUT2D eigenvalue weighted by atomic mass is 33.1. The highest BCUT2D eigenvalue weighted by molar-refractivity contribution is 8.77. The summed E-state index contributed by atoms with van der Waals surface area (Å²) in [5.41, 5.74) is 2.33. The molecule has 1 saturated heterocycles. The van der Waals surface area contributed by atoms with Crippen molar-refractivity contribution in [1.82, 2.24) is 0 Å². The number of hydrogen-bond donors (Lipinski definition) is 1. The Morgan fingerprint density at radius 3 is 2.00 bits per heavy atom. The lowest BCUT2D eigenvalue weighted by Crippen LogP contribution is -2.49. The summed E-state index contributed by atoms with van der Waals surface area (Å²) in [6.07, 6.45) is -0.754. The largest absolute Gasteiger partial charge is 0.389 e. The van der Waals surface area contributed by atoms with Gasteiger partial charge in [0.1, 0.15) is 10.9 Å². The van der Waals surface area contributed by atoms with Crippen LogP contribution in [0.3, 0.4) is 0 Å². The van der Waals surface area contributed by atoms with Crippen molar-refractivity contribution >= 4 is 21.6 Å². The van der Waals surface area contributed by atoms with Crippen molar-refractivity contribution in [3.8, 4) is 0 Å². The quantitative estimate of drug-likeness (QED) is 0.874. The fourth-order valence-electron chi connectivity index (χ4n) is 2.89. The van der Waals surface area contributed by atoms with Crippen molar-refractivity contribution in [3.05, 3.63) is 71.8 Å². The first-order valence-electron chi connectivity index (χ1n) is 6.91. The molecule has 1 fully saturated rings. The Kier molecular flexibility index (Phi) is 4.60. The van der Waals surface area contributed by atoms with Crippen LogP contribution in [0.15, 0.2) is 60.7 Å². The molecular formula is C17H18O2S2. The topological polar surface area (TPSA) is 29.5 Å². The van der Waals surface area contributed by atoms with Crippen LogP contribution in [0.4, 0.5) is 0 Å². The van der Waals surface area contributed by atoms with E-state index in [0.717, 1.165) is 0 Å². The number of hydrogen-bond acceptors (Lipinski definition) is 4. The third kappa shape index (κ3) is 2.61. The summed E-state index contributed by atoms with van der Waals surface area (Å²) >= 11 is 0. The molecule has 1 aliphatic heterocycles. The Balaban J connectivity index is 2.19. The average Bonchev–Trinajstić information content (AvgIpc) is 2.56. The van der Waals surface area contributed by atoms with Crippen LogP contribution in [0.1, 0.15) is 11.1 Å². The number of ether oxygens (including phenoxy) is 1. The van der Waals surface area contributed by atoms with Gasteiger partial charge in [-0.15, -0.1) is 0 Å². The van der Waals surface area contributed by atoms with Gasteiger partial charge in [0.05, 0.1) is 6.10 Å². The molecule has 0 spiro atoms. The predicted molar refractivity (Wildman–Crippen MR) is 90.5 cm³/mol. The number of benzene rings is 2. The van der Waals surface area contributed by atoms with E-state index in [2.05, 4.69) is 24.3 Å². The lowest BCUT2D eigenvalue weighted by Gasteiger charge is -2.45. The Bertz CT molecular complexity index is 534. The second-order valence-corrected chi connectivity index (χ2v) is 7.65. The number of aliphatic hydroxyl groups excluding tert-OH is 1. The van der Waals surface area contributed by atoms with Gasteiger partial charge in [0.15, 0.2) is 0 Å². The van der Waals surface area contributed by atoms with E-state index in [-0.39, 0.29) is 10.9 Å². The minimum Gasteiger partial charge on any atom is -0.389 e. The molecule has 1 aliphatic rings. The molecule has 2 nitrogen and oxygen atoms in total. The minimum atomic E-state index is -0.485. The second-order valence-electron chi connectivity index (χ2n) is 5.06. The van der Waals surface area contributed by atoms with E-state index in [4.69, 9.17) is 4.74 Å². The highest BCUT2D eigenvalue weighted by Gasteiger charge is 2.49. The first-order chi connectivity index (χ1) is 10.3. The summed E-state index contributed by atoms with van der Waals surface area (Å²) in [6, 6.07) is 20.7. The van der Waals surface area contributed by atoms with E-state index in [1.807, 2.05) is 36.4 Å². The zero-order valence-corrected chi connectivity index (χ0v) is 13.4. The maximum absolute atomic E-state index is 10.5. The lowest BCUT2D eigenvalue weighted by molar-refractivity contribution is -0.0175. The van der Waals surface area contributed by atoms with Crippen molar-refractivity contribution in [3.63, 3.8) is 0 Å². The van der Waals surface area contributed by atoms with Gasteiger partial charge in [0.25, 0.3) is 0 Å². The standard InChI is InChI=1S/C17H18O2S2/c1-19-16-15(18)12-20-21-17(16,13-8-4-2-5-9-13)14-10-6-3-7-11-14/h2-11,15-16,18H,12H2,1H3. The summed E-state index contributed by atoms with van der Waals surface area (Å²) < 4.78 is 5.35. The van der Waals surface area contributed by atoms with Gasteiger partial charge in [-0.1, -0.05) is 82.3 Å². The zero-order valence-electron chi connectivity index (χ0n) is 11.8. The number of methoxy groups -OCH3 is 1. The van der Waals surface area contributed by atoms with Crippen LogP contribution in [0.2, 0.25) is 0 Å². The molecule has 0 amide bonds. The Morgan fingerprint density at radius 2 is 1.52 bits per heavy atom. The van der Waals surface area contributed by atoms with Crippen LogP contribution in [0.5, 0.6) is 0 Å². The fraction of sp³-hybridized carbons (Fsp3) is 0.294. The van der Waals surface area contributed by atoms with E-state index in [1.54, 1.807) is 28.7 Å². The molecule has 1 N–H and O–H groups in total. The van der Waals surface area contributed by atoms with Gasteiger partial charge in [-0.05, 0) is 11.1 Å². The summed E-state index contributed by atoms with van der Waals surface area (Å²) in [5.74, 6) is 0.685. The van der Waals surface area contributed by atoms with Gasteiger partial charge in [-0.25, -0.2) is 0 Å². The highest BCUT2D eigenvalue weighted by Crippen LogP contribution is 2.56. The fourth-order valence-corrected chi connectivity index (χ4v) is 6.31. The van der Waals surface area contributed by atoms with Gasteiger partial charge in [0, 0.05) is 12.9 Å². The SMILES string of the molecule is COC1C(O)CSSC1(c1ccccc1)c1ccccc1. The van der Waals surface area contributed by atoms with Gasteiger partial charge >= 0.3 is 0 Å². The van der Waals surface area contributed by atoms with Gasteiger partial charge in [0.2, 0.25) is 0 Å². The third-order valence-electron chi connectivity index (χ3n) is 3.84. The zero-order chi connectivity index (χ0) is 14.7. The van der Waals surface area contributed by atoms with Gasteiger partial charge < -0.3 is 9.84 Å². The molecule has 3 rings (SSSR count). The van der Waals surface area contributed by atoms with Crippen LogP contribution in [-0.2, 0) is 9.48 Å². The van der Waals surface area contributed by atoms with Crippen molar-refractivity contribution in [2.75, 3.05) is 12.9 Å². The van der Waals surface area contributed by atoms with E-state index in [1.165, 1.54) is 11.1 Å². The van der Waals surface area contributed by atoms with Crippen LogP contribution >= 0.6 is 21.6 Å². The number of aliphatic hydroxyl groups is 1. The van der Waals surface area contributed by atoms with E-state index < -0.39 is 6.10 Å². The Hall–Kier alpha value is -0.940. The van der Waals surface area contributed by atoms with Crippen LogP contribution < -0.4 is 0 Å². The lowest BCUT2D eigenvalue weighted by atomic mass is 9.83. The molecule has 0 bridgehead atoms. The molecule has 2 unspecified atom stereocenters. The normalized spacial score (nSPS) is 24.7. The van der Waals surface area contributed by atoms with Crippen LogP contribution in [0, 0.1) is 0 Å². The van der Waals surface area contributed by atoms with Crippen LogP contribution in [0.25, 0.3) is 0 Å². The molecule has 0 saturated carbocycles. The summed E-state index contributed by atoms with van der Waals surface area (Å²) in [6.45, 7) is 0.